The van der Waals surface area contributed by atoms with E-state index in [9.17, 15) is 8.42 Å². The molecule has 0 N–H and O–H groups in total. The Balaban J connectivity index is 1.66. The van der Waals surface area contributed by atoms with Gasteiger partial charge in [0, 0.05) is 23.7 Å². The summed E-state index contributed by atoms with van der Waals surface area (Å²) in [6, 6.07) is 20.2. The lowest BCUT2D eigenvalue weighted by Gasteiger charge is -2.21. The predicted octanol–water partition coefficient (Wildman–Crippen LogP) is 4.25. The minimum absolute atomic E-state index is 0.359. The maximum absolute atomic E-state index is 12.7. The molecule has 0 aliphatic carbocycles. The second kappa shape index (κ2) is 8.25. The Bertz CT molecular complexity index is 1410. The summed E-state index contributed by atoms with van der Waals surface area (Å²) in [4.78, 5) is 0. The minimum atomic E-state index is -3.65. The molecule has 5 rings (SSSR count). The molecule has 1 unspecified atom stereocenters. The van der Waals surface area contributed by atoms with Crippen LogP contribution in [0.1, 0.15) is 23.8 Å². The molecule has 0 spiro atoms. The number of hydrogen-bond donors (Lipinski definition) is 0. The molecular weight excluding hydrogens is 440 g/mol. The summed E-state index contributed by atoms with van der Waals surface area (Å²) in [5.41, 5.74) is 3.65. The summed E-state index contributed by atoms with van der Waals surface area (Å²) < 4.78 is 39.2. The highest BCUT2D eigenvalue weighted by molar-refractivity contribution is 7.88. The largest absolute Gasteiger partial charge is 0.497 e. The molecule has 1 aliphatic rings. The summed E-state index contributed by atoms with van der Waals surface area (Å²) in [7, 11) is -2.04. The van der Waals surface area contributed by atoms with Gasteiger partial charge in [0.1, 0.15) is 17.2 Å². The van der Waals surface area contributed by atoms with E-state index in [1.807, 2.05) is 60.8 Å². The van der Waals surface area contributed by atoms with Gasteiger partial charge in [-0.1, -0.05) is 30.3 Å². The molecule has 3 heterocycles. The molecule has 0 amide bonds. The first kappa shape index (κ1) is 21.0. The highest BCUT2D eigenvalue weighted by Crippen LogP contribution is 2.40. The van der Waals surface area contributed by atoms with Crippen molar-refractivity contribution in [1.29, 1.82) is 0 Å². The third-order valence-electron chi connectivity index (χ3n) is 5.48. The van der Waals surface area contributed by atoms with Crippen LogP contribution in [0.15, 0.2) is 88.7 Å². The molecule has 0 fully saturated rings. The van der Waals surface area contributed by atoms with E-state index in [0.29, 0.717) is 29.3 Å². The Morgan fingerprint density at radius 3 is 2.58 bits per heavy atom. The standard InChI is InChI=1S/C24H22N4O4S/c1-31-19-11-6-8-17(14-19)24-20(16-27(26-24)18-9-4-3-5-10-18)22-15-21(23-12-7-13-32-23)25-28(22)33(2,29)30/h3-14,16,22H,15H2,1-2H3. The summed E-state index contributed by atoms with van der Waals surface area (Å²) in [6.07, 6.45) is 4.93. The lowest BCUT2D eigenvalue weighted by atomic mass is 9.99. The molecule has 9 heteroatoms. The normalized spacial score (nSPS) is 16.1. The van der Waals surface area contributed by atoms with E-state index >= 15 is 0 Å². The molecule has 2 aromatic carbocycles. The van der Waals surface area contributed by atoms with Crippen molar-refractivity contribution < 1.29 is 17.6 Å². The van der Waals surface area contributed by atoms with Crippen LogP contribution >= 0.6 is 0 Å². The second-order valence-corrected chi connectivity index (χ2v) is 9.56. The van der Waals surface area contributed by atoms with Gasteiger partial charge >= 0.3 is 0 Å². The van der Waals surface area contributed by atoms with E-state index in [-0.39, 0.29) is 0 Å². The first-order valence-corrected chi connectivity index (χ1v) is 12.2. The number of ether oxygens (including phenoxy) is 1. The van der Waals surface area contributed by atoms with Crippen LogP contribution in [0.5, 0.6) is 5.75 Å². The number of benzene rings is 2. The quantitative estimate of drug-likeness (QED) is 0.427. The van der Waals surface area contributed by atoms with Gasteiger partial charge in [-0.25, -0.2) is 13.1 Å². The Hall–Kier alpha value is -3.85. The Morgan fingerprint density at radius 2 is 1.88 bits per heavy atom. The van der Waals surface area contributed by atoms with E-state index in [1.165, 1.54) is 0 Å². The molecular formula is C24H22N4O4S. The van der Waals surface area contributed by atoms with Gasteiger partial charge in [-0.15, -0.1) is 0 Å². The molecule has 0 bridgehead atoms. The number of hydrogen-bond acceptors (Lipinski definition) is 6. The van der Waals surface area contributed by atoms with Crippen LogP contribution in [0.25, 0.3) is 16.9 Å². The SMILES string of the molecule is COc1cccc(-c2nn(-c3ccccc3)cc2C2CC(c3ccco3)=NN2S(C)(=O)=O)c1. The lowest BCUT2D eigenvalue weighted by Crippen LogP contribution is -2.26. The van der Waals surface area contributed by atoms with E-state index in [1.54, 1.807) is 30.2 Å². The first-order chi connectivity index (χ1) is 15.9. The Labute approximate surface area is 191 Å². The van der Waals surface area contributed by atoms with E-state index < -0.39 is 16.1 Å². The number of hydrazone groups is 1. The molecule has 168 valence electrons. The van der Waals surface area contributed by atoms with E-state index in [0.717, 1.165) is 27.5 Å². The molecule has 0 radical (unpaired) electrons. The van der Waals surface area contributed by atoms with Crippen LogP contribution in [-0.4, -0.2) is 41.7 Å². The molecule has 2 aromatic heterocycles. The van der Waals surface area contributed by atoms with Crippen molar-refractivity contribution in [2.24, 2.45) is 5.10 Å². The van der Waals surface area contributed by atoms with Crippen LogP contribution in [0.4, 0.5) is 0 Å². The van der Waals surface area contributed by atoms with Crippen LogP contribution in [-0.2, 0) is 10.0 Å². The van der Waals surface area contributed by atoms with Crippen molar-refractivity contribution in [3.8, 4) is 22.7 Å². The van der Waals surface area contributed by atoms with Crippen LogP contribution < -0.4 is 4.74 Å². The average molecular weight is 463 g/mol. The van der Waals surface area contributed by atoms with Crippen molar-refractivity contribution >= 4 is 15.7 Å². The number of aromatic nitrogens is 2. The van der Waals surface area contributed by atoms with Gasteiger partial charge in [-0.3, -0.25) is 0 Å². The molecule has 0 saturated heterocycles. The molecule has 8 nitrogen and oxygen atoms in total. The van der Waals surface area contributed by atoms with Gasteiger partial charge in [-0.2, -0.15) is 14.6 Å². The zero-order valence-corrected chi connectivity index (χ0v) is 18.9. The van der Waals surface area contributed by atoms with Gasteiger partial charge in [0.15, 0.2) is 0 Å². The van der Waals surface area contributed by atoms with Gasteiger partial charge in [0.25, 0.3) is 0 Å². The summed E-state index contributed by atoms with van der Waals surface area (Å²) >= 11 is 0. The predicted molar refractivity (Wildman–Crippen MR) is 125 cm³/mol. The highest BCUT2D eigenvalue weighted by Gasteiger charge is 2.38. The lowest BCUT2D eigenvalue weighted by molar-refractivity contribution is 0.375. The van der Waals surface area contributed by atoms with Crippen LogP contribution in [0, 0.1) is 0 Å². The molecule has 4 aromatic rings. The van der Waals surface area contributed by atoms with Gasteiger partial charge in [0.2, 0.25) is 10.0 Å². The number of rotatable bonds is 6. The third kappa shape index (κ3) is 4.03. The monoisotopic (exact) mass is 462 g/mol. The fourth-order valence-corrected chi connectivity index (χ4v) is 4.85. The van der Waals surface area contributed by atoms with Crippen molar-refractivity contribution in [3.05, 3.63) is 90.5 Å². The van der Waals surface area contributed by atoms with Crippen molar-refractivity contribution in [3.63, 3.8) is 0 Å². The van der Waals surface area contributed by atoms with Gasteiger partial charge < -0.3 is 9.15 Å². The fourth-order valence-electron chi connectivity index (χ4n) is 3.96. The number of para-hydroxylation sites is 1. The highest BCUT2D eigenvalue weighted by atomic mass is 32.2. The molecule has 0 saturated carbocycles. The Kier molecular flexibility index (Phi) is 5.26. The summed E-state index contributed by atoms with van der Waals surface area (Å²) in [5, 5.41) is 9.26. The Morgan fingerprint density at radius 1 is 1.06 bits per heavy atom. The molecule has 1 aliphatic heterocycles. The molecule has 33 heavy (non-hydrogen) atoms. The van der Waals surface area contributed by atoms with Crippen molar-refractivity contribution in [1.82, 2.24) is 14.2 Å². The van der Waals surface area contributed by atoms with Crippen LogP contribution in [0.2, 0.25) is 0 Å². The second-order valence-electron chi connectivity index (χ2n) is 7.72. The number of furan rings is 1. The number of nitrogens with zero attached hydrogens (tertiary/aromatic N) is 4. The zero-order chi connectivity index (χ0) is 23.0. The molecule has 1 atom stereocenters. The minimum Gasteiger partial charge on any atom is -0.497 e. The topological polar surface area (TPSA) is 89.9 Å². The van der Waals surface area contributed by atoms with Crippen molar-refractivity contribution in [2.45, 2.75) is 12.5 Å². The average Bonchev–Trinajstić information content (AvgIpc) is 3.58. The number of sulfonamides is 1. The zero-order valence-electron chi connectivity index (χ0n) is 18.1. The van der Waals surface area contributed by atoms with Crippen molar-refractivity contribution in [2.75, 3.05) is 13.4 Å². The third-order valence-corrected chi connectivity index (χ3v) is 6.50. The smallest absolute Gasteiger partial charge is 0.247 e. The number of methoxy groups -OCH3 is 1. The van der Waals surface area contributed by atoms with Crippen LogP contribution in [0.3, 0.4) is 0 Å². The fraction of sp³-hybridized carbons (Fsp3) is 0.167. The summed E-state index contributed by atoms with van der Waals surface area (Å²) in [6.45, 7) is 0. The van der Waals surface area contributed by atoms with Gasteiger partial charge in [-0.05, 0) is 36.4 Å². The summed E-state index contributed by atoms with van der Waals surface area (Å²) in [5.74, 6) is 1.23. The van der Waals surface area contributed by atoms with E-state index in [2.05, 4.69) is 5.10 Å². The maximum Gasteiger partial charge on any atom is 0.247 e. The van der Waals surface area contributed by atoms with Gasteiger partial charge in [0.05, 0.1) is 37.1 Å². The maximum atomic E-state index is 12.7. The first-order valence-electron chi connectivity index (χ1n) is 10.3. The van der Waals surface area contributed by atoms with E-state index in [4.69, 9.17) is 14.3 Å².